The number of aliphatic hydroxyl groups is 1. The number of halogens is 1. The SMILES string of the molecule is CC(C)(O)c1cccn2c(C3(c4ccc(Br)cc4)CC3)nnc12. The molecule has 3 aromatic rings. The summed E-state index contributed by atoms with van der Waals surface area (Å²) < 4.78 is 3.11. The monoisotopic (exact) mass is 371 g/mol. The van der Waals surface area contributed by atoms with E-state index in [9.17, 15) is 5.11 Å². The van der Waals surface area contributed by atoms with Gasteiger partial charge in [-0.25, -0.2) is 0 Å². The van der Waals surface area contributed by atoms with Crippen molar-refractivity contribution in [2.75, 3.05) is 0 Å². The standard InChI is InChI=1S/C18H18BrN3O/c1-17(2,23)14-4-3-11-22-15(14)20-21-16(22)18(9-10-18)12-5-7-13(19)8-6-12/h3-8,11,23H,9-10H2,1-2H3. The van der Waals surface area contributed by atoms with Crippen LogP contribution in [0.5, 0.6) is 0 Å². The molecule has 0 bridgehead atoms. The van der Waals surface area contributed by atoms with Gasteiger partial charge in [0.1, 0.15) is 5.82 Å². The highest BCUT2D eigenvalue weighted by Crippen LogP contribution is 2.53. The molecule has 0 amide bonds. The summed E-state index contributed by atoms with van der Waals surface area (Å²) in [6.07, 6.45) is 4.13. The quantitative estimate of drug-likeness (QED) is 0.761. The Morgan fingerprint density at radius 3 is 2.43 bits per heavy atom. The molecule has 5 heteroatoms. The van der Waals surface area contributed by atoms with E-state index in [2.05, 4.69) is 50.4 Å². The van der Waals surface area contributed by atoms with Crippen molar-refractivity contribution in [3.05, 3.63) is 64.0 Å². The van der Waals surface area contributed by atoms with Gasteiger partial charge in [-0.05, 0) is 50.5 Å². The van der Waals surface area contributed by atoms with Gasteiger partial charge in [0.2, 0.25) is 0 Å². The van der Waals surface area contributed by atoms with Crippen LogP contribution in [-0.2, 0) is 11.0 Å². The number of rotatable bonds is 3. The minimum absolute atomic E-state index is 0.0572. The molecule has 1 N–H and O–H groups in total. The average Bonchev–Trinajstić information content (AvgIpc) is 3.19. The van der Waals surface area contributed by atoms with Gasteiger partial charge < -0.3 is 5.11 Å². The van der Waals surface area contributed by atoms with Crippen molar-refractivity contribution in [2.24, 2.45) is 0 Å². The summed E-state index contributed by atoms with van der Waals surface area (Å²) in [7, 11) is 0. The van der Waals surface area contributed by atoms with Gasteiger partial charge in [0, 0.05) is 16.2 Å². The van der Waals surface area contributed by atoms with Crippen LogP contribution in [0.25, 0.3) is 5.65 Å². The molecular formula is C18H18BrN3O. The summed E-state index contributed by atoms with van der Waals surface area (Å²) in [5.41, 5.74) is 1.80. The predicted molar refractivity (Wildman–Crippen MR) is 92.4 cm³/mol. The van der Waals surface area contributed by atoms with Crippen molar-refractivity contribution in [3.8, 4) is 0 Å². The van der Waals surface area contributed by atoms with Crippen LogP contribution in [0.2, 0.25) is 0 Å². The van der Waals surface area contributed by atoms with E-state index < -0.39 is 5.60 Å². The van der Waals surface area contributed by atoms with Crippen LogP contribution in [0.4, 0.5) is 0 Å². The molecule has 0 unspecified atom stereocenters. The molecule has 1 saturated carbocycles. The first-order chi connectivity index (χ1) is 10.9. The maximum absolute atomic E-state index is 10.4. The zero-order valence-corrected chi connectivity index (χ0v) is 14.7. The molecule has 0 radical (unpaired) electrons. The maximum atomic E-state index is 10.4. The summed E-state index contributed by atoms with van der Waals surface area (Å²) in [4.78, 5) is 0. The van der Waals surface area contributed by atoms with E-state index in [1.165, 1.54) is 5.56 Å². The first-order valence-electron chi connectivity index (χ1n) is 7.75. The molecule has 4 nitrogen and oxygen atoms in total. The van der Waals surface area contributed by atoms with Gasteiger partial charge in [-0.15, -0.1) is 10.2 Å². The van der Waals surface area contributed by atoms with Crippen LogP contribution in [0.1, 0.15) is 43.6 Å². The first-order valence-corrected chi connectivity index (χ1v) is 8.54. The van der Waals surface area contributed by atoms with Gasteiger partial charge in [-0.2, -0.15) is 0 Å². The summed E-state index contributed by atoms with van der Waals surface area (Å²) in [6.45, 7) is 3.55. The van der Waals surface area contributed by atoms with E-state index in [0.29, 0.717) is 0 Å². The lowest BCUT2D eigenvalue weighted by molar-refractivity contribution is 0.0796. The molecular weight excluding hydrogens is 354 g/mol. The van der Waals surface area contributed by atoms with Crippen LogP contribution in [0.3, 0.4) is 0 Å². The number of hydrogen-bond donors (Lipinski definition) is 1. The second-order valence-corrected chi connectivity index (χ2v) is 7.70. The van der Waals surface area contributed by atoms with Gasteiger partial charge in [0.15, 0.2) is 5.65 Å². The molecule has 0 aliphatic heterocycles. The minimum Gasteiger partial charge on any atom is -0.386 e. The lowest BCUT2D eigenvalue weighted by Crippen LogP contribution is -2.18. The molecule has 118 valence electrons. The second-order valence-electron chi connectivity index (χ2n) is 6.79. The van der Waals surface area contributed by atoms with Gasteiger partial charge in [0.25, 0.3) is 0 Å². The Morgan fingerprint density at radius 2 is 1.83 bits per heavy atom. The summed E-state index contributed by atoms with van der Waals surface area (Å²) in [5.74, 6) is 0.959. The van der Waals surface area contributed by atoms with Crippen LogP contribution in [-0.4, -0.2) is 19.7 Å². The highest BCUT2D eigenvalue weighted by molar-refractivity contribution is 9.10. The second kappa shape index (κ2) is 4.89. The Balaban J connectivity index is 1.89. The third-order valence-electron chi connectivity index (χ3n) is 4.67. The Hall–Kier alpha value is -1.72. The Morgan fingerprint density at radius 1 is 1.13 bits per heavy atom. The van der Waals surface area contributed by atoms with Crippen molar-refractivity contribution >= 4 is 21.6 Å². The van der Waals surface area contributed by atoms with Gasteiger partial charge >= 0.3 is 0 Å². The Bertz CT molecular complexity index is 873. The van der Waals surface area contributed by atoms with E-state index in [-0.39, 0.29) is 5.41 Å². The van der Waals surface area contributed by atoms with E-state index in [1.54, 1.807) is 13.8 Å². The van der Waals surface area contributed by atoms with Crippen molar-refractivity contribution in [2.45, 2.75) is 37.7 Å². The van der Waals surface area contributed by atoms with Crippen molar-refractivity contribution < 1.29 is 5.11 Å². The number of hydrogen-bond acceptors (Lipinski definition) is 3. The third-order valence-corrected chi connectivity index (χ3v) is 5.20. The number of nitrogens with zero attached hydrogens (tertiary/aromatic N) is 3. The molecule has 1 aliphatic carbocycles. The number of pyridine rings is 1. The zero-order valence-electron chi connectivity index (χ0n) is 13.1. The smallest absolute Gasteiger partial charge is 0.166 e. The van der Waals surface area contributed by atoms with E-state index in [0.717, 1.165) is 34.3 Å². The largest absolute Gasteiger partial charge is 0.386 e. The maximum Gasteiger partial charge on any atom is 0.166 e. The van der Waals surface area contributed by atoms with Crippen molar-refractivity contribution in [1.29, 1.82) is 0 Å². The predicted octanol–water partition coefficient (Wildman–Crippen LogP) is 3.80. The van der Waals surface area contributed by atoms with E-state index >= 15 is 0 Å². The van der Waals surface area contributed by atoms with Gasteiger partial charge in [0.05, 0.1) is 11.0 Å². The highest BCUT2D eigenvalue weighted by atomic mass is 79.9. The highest BCUT2D eigenvalue weighted by Gasteiger charge is 2.49. The molecule has 1 aromatic carbocycles. The van der Waals surface area contributed by atoms with Crippen LogP contribution in [0, 0.1) is 0 Å². The summed E-state index contributed by atoms with van der Waals surface area (Å²) >= 11 is 3.49. The molecule has 0 spiro atoms. The fourth-order valence-electron chi connectivity index (χ4n) is 3.26. The molecule has 1 aliphatic rings. The fourth-order valence-corrected chi connectivity index (χ4v) is 3.52. The van der Waals surface area contributed by atoms with Crippen molar-refractivity contribution in [3.63, 3.8) is 0 Å². The topological polar surface area (TPSA) is 50.4 Å². The number of aromatic nitrogens is 3. The molecule has 23 heavy (non-hydrogen) atoms. The first kappa shape index (κ1) is 14.8. The van der Waals surface area contributed by atoms with Crippen LogP contribution in [0.15, 0.2) is 47.1 Å². The number of benzene rings is 1. The molecule has 1 fully saturated rings. The molecule has 0 saturated heterocycles. The molecule has 4 rings (SSSR count). The minimum atomic E-state index is -0.943. The molecule has 0 atom stereocenters. The van der Waals surface area contributed by atoms with E-state index in [1.807, 2.05) is 22.7 Å². The third kappa shape index (κ3) is 2.30. The Labute approximate surface area is 143 Å². The van der Waals surface area contributed by atoms with Crippen LogP contribution >= 0.6 is 15.9 Å². The number of fused-ring (bicyclic) bond motifs is 1. The summed E-state index contributed by atoms with van der Waals surface area (Å²) in [6, 6.07) is 12.3. The fraction of sp³-hybridized carbons (Fsp3) is 0.333. The lowest BCUT2D eigenvalue weighted by Gasteiger charge is -2.19. The lowest BCUT2D eigenvalue weighted by atomic mass is 9.95. The average molecular weight is 372 g/mol. The normalized spacial score (nSPS) is 16.7. The Kier molecular flexibility index (Phi) is 3.15. The molecule has 2 heterocycles. The van der Waals surface area contributed by atoms with Gasteiger partial charge in [-0.1, -0.05) is 34.1 Å². The zero-order chi connectivity index (χ0) is 16.2. The summed E-state index contributed by atoms with van der Waals surface area (Å²) in [5, 5.41) is 19.2. The molecule has 2 aromatic heterocycles. The van der Waals surface area contributed by atoms with E-state index in [4.69, 9.17) is 0 Å². The van der Waals surface area contributed by atoms with Crippen molar-refractivity contribution in [1.82, 2.24) is 14.6 Å². The van der Waals surface area contributed by atoms with Gasteiger partial charge in [-0.3, -0.25) is 4.40 Å². The van der Waals surface area contributed by atoms with Crippen LogP contribution < -0.4 is 0 Å².